The van der Waals surface area contributed by atoms with E-state index in [0.29, 0.717) is 37.7 Å². The van der Waals surface area contributed by atoms with Crippen LogP contribution in [-0.2, 0) is 9.59 Å². The summed E-state index contributed by atoms with van der Waals surface area (Å²) < 4.78 is 0. The van der Waals surface area contributed by atoms with Gasteiger partial charge in [0, 0.05) is 11.3 Å². The van der Waals surface area contributed by atoms with E-state index in [1.54, 1.807) is 20.8 Å². The van der Waals surface area contributed by atoms with E-state index in [1.807, 2.05) is 13.8 Å². The molecule has 0 aromatic rings. The van der Waals surface area contributed by atoms with Crippen molar-refractivity contribution in [3.8, 4) is 0 Å². The van der Waals surface area contributed by atoms with Crippen molar-refractivity contribution in [2.24, 2.45) is 34.5 Å². The number of hydrogen-bond donors (Lipinski definition) is 6. The summed E-state index contributed by atoms with van der Waals surface area (Å²) in [7, 11) is 0. The summed E-state index contributed by atoms with van der Waals surface area (Å²) in [6, 6.07) is 0. The molecular weight excluding hydrogens is 476 g/mol. The summed E-state index contributed by atoms with van der Waals surface area (Å²) in [6.07, 6.45) is 0.320. The second-order valence-corrected chi connectivity index (χ2v) is 13.9. The van der Waals surface area contributed by atoms with Gasteiger partial charge in [-0.05, 0) is 102 Å². The molecule has 4 aliphatic rings. The zero-order valence-corrected chi connectivity index (χ0v) is 23.1. The molecule has 4 rings (SSSR count). The van der Waals surface area contributed by atoms with Crippen molar-refractivity contribution >= 4 is 11.6 Å². The first-order valence-electron chi connectivity index (χ1n) is 13.8. The number of aliphatic hydroxyl groups excluding tert-OH is 3. The van der Waals surface area contributed by atoms with Crippen LogP contribution >= 0.6 is 0 Å². The Balaban J connectivity index is 1.73. The van der Waals surface area contributed by atoms with E-state index in [1.165, 1.54) is 13.0 Å². The van der Waals surface area contributed by atoms with Crippen molar-refractivity contribution in [1.29, 1.82) is 0 Å². The van der Waals surface area contributed by atoms with E-state index in [9.17, 15) is 40.2 Å². The highest BCUT2D eigenvalue weighted by Crippen LogP contribution is 2.69. The summed E-state index contributed by atoms with van der Waals surface area (Å²) >= 11 is 0. The minimum absolute atomic E-state index is 0.0704. The topological polar surface area (TPSA) is 156 Å². The third-order valence-electron chi connectivity index (χ3n) is 11.2. The van der Waals surface area contributed by atoms with E-state index in [4.69, 9.17) is 0 Å². The van der Waals surface area contributed by atoms with Gasteiger partial charge in [-0.15, -0.1) is 0 Å². The van der Waals surface area contributed by atoms with Gasteiger partial charge in [0.25, 0.3) is 0 Å². The minimum atomic E-state index is -1.53. The van der Waals surface area contributed by atoms with E-state index >= 15 is 0 Å². The average Bonchev–Trinajstić information content (AvgIpc) is 3.05. The van der Waals surface area contributed by atoms with Crippen LogP contribution in [0.2, 0.25) is 0 Å². The number of rotatable bonds is 6. The number of hydrogen-bond acceptors (Lipinski definition) is 8. The van der Waals surface area contributed by atoms with Crippen LogP contribution in [0.25, 0.3) is 0 Å². The SMILES string of the molecule is CC(=O)C1[C@H](O)[C@H](O)C[C@H]2C(=O)C=C3C(CC[C@]4(C)[C@H](C(C)(O)[C@H](O)CCC(C)(C)O)CC[C@@]34O)[C@@]12C. The fourth-order valence-corrected chi connectivity index (χ4v) is 9.06. The molecular formula is C29H46O8. The standard InChI is InChI=1S/C29H46O8/c1-15(30)23-24(34)20(32)14-18-19(31)13-17-16(27(18,23)5)7-11-26(4)21(8-12-29(17,26)37)28(6,36)22(33)9-10-25(2,3)35/h13,16,18,20-24,32-37H,7-12,14H2,1-6H3/t16?,18-,20+,21+,22+,23?,24+,26+,27+,28?,29+/m0/s1. The van der Waals surface area contributed by atoms with Crippen LogP contribution in [-0.4, -0.2) is 77.3 Å². The molecule has 0 amide bonds. The predicted octanol–water partition coefficient (Wildman–Crippen LogP) is 1.67. The Morgan fingerprint density at radius 1 is 1.11 bits per heavy atom. The Bertz CT molecular complexity index is 981. The fraction of sp³-hybridized carbons (Fsp3) is 0.862. The molecule has 37 heavy (non-hydrogen) atoms. The quantitative estimate of drug-likeness (QED) is 0.308. The molecule has 0 aromatic heterocycles. The van der Waals surface area contributed by atoms with Gasteiger partial charge < -0.3 is 30.6 Å². The Hall–Kier alpha value is -1.16. The molecule has 0 aliphatic heterocycles. The highest BCUT2D eigenvalue weighted by Gasteiger charge is 2.70. The van der Waals surface area contributed by atoms with Gasteiger partial charge in [0.05, 0.1) is 41.0 Å². The first-order chi connectivity index (χ1) is 16.8. The van der Waals surface area contributed by atoms with Crippen molar-refractivity contribution < 1.29 is 40.2 Å². The number of fused-ring (bicyclic) bond motifs is 5. The lowest BCUT2D eigenvalue weighted by molar-refractivity contribution is -0.190. The lowest BCUT2D eigenvalue weighted by Crippen LogP contribution is -2.66. The summed E-state index contributed by atoms with van der Waals surface area (Å²) in [5, 5.41) is 66.5. The van der Waals surface area contributed by atoms with Crippen LogP contribution in [0.1, 0.15) is 86.5 Å². The van der Waals surface area contributed by atoms with Gasteiger partial charge >= 0.3 is 0 Å². The number of carbonyl (C=O) groups excluding carboxylic acids is 2. The fourth-order valence-electron chi connectivity index (χ4n) is 9.06. The maximum Gasteiger partial charge on any atom is 0.159 e. The van der Waals surface area contributed by atoms with E-state index in [2.05, 4.69) is 0 Å². The Labute approximate surface area is 219 Å². The molecule has 8 heteroatoms. The van der Waals surface area contributed by atoms with Gasteiger partial charge in [-0.3, -0.25) is 9.59 Å². The second kappa shape index (κ2) is 8.93. The Morgan fingerprint density at radius 2 is 1.73 bits per heavy atom. The molecule has 0 radical (unpaired) electrons. The van der Waals surface area contributed by atoms with Crippen LogP contribution in [0.3, 0.4) is 0 Å². The first-order valence-corrected chi connectivity index (χ1v) is 13.8. The van der Waals surface area contributed by atoms with Gasteiger partial charge in [-0.25, -0.2) is 0 Å². The molecule has 11 atom stereocenters. The van der Waals surface area contributed by atoms with Gasteiger partial charge in [0.1, 0.15) is 5.78 Å². The lowest BCUT2D eigenvalue weighted by Gasteiger charge is -2.62. The highest BCUT2D eigenvalue weighted by atomic mass is 16.3. The molecule has 8 nitrogen and oxygen atoms in total. The number of carbonyl (C=O) groups is 2. The van der Waals surface area contributed by atoms with Gasteiger partial charge in [0.2, 0.25) is 0 Å². The van der Waals surface area contributed by atoms with Crippen LogP contribution < -0.4 is 0 Å². The number of aliphatic hydroxyl groups is 6. The molecule has 0 heterocycles. The number of ketones is 2. The predicted molar refractivity (Wildman–Crippen MR) is 136 cm³/mol. The van der Waals surface area contributed by atoms with Crippen LogP contribution in [0.15, 0.2) is 11.6 Å². The van der Waals surface area contributed by atoms with Crippen molar-refractivity contribution in [2.45, 2.75) is 122 Å². The molecule has 3 fully saturated rings. The monoisotopic (exact) mass is 522 g/mol. The minimum Gasteiger partial charge on any atom is -0.390 e. The van der Waals surface area contributed by atoms with Gasteiger partial charge in [-0.1, -0.05) is 13.8 Å². The molecule has 210 valence electrons. The zero-order chi connectivity index (χ0) is 27.9. The maximum atomic E-state index is 13.5. The van der Waals surface area contributed by atoms with Crippen LogP contribution in [0.5, 0.6) is 0 Å². The van der Waals surface area contributed by atoms with Gasteiger partial charge in [0.15, 0.2) is 5.78 Å². The Kier molecular flexibility index (Phi) is 6.96. The lowest BCUT2D eigenvalue weighted by atomic mass is 9.43. The molecule has 3 unspecified atom stereocenters. The summed E-state index contributed by atoms with van der Waals surface area (Å²) in [5.74, 6) is -2.90. The summed E-state index contributed by atoms with van der Waals surface area (Å²) in [6.45, 7) is 10.1. The normalized spacial score (nSPS) is 46.3. The zero-order valence-electron chi connectivity index (χ0n) is 23.1. The summed E-state index contributed by atoms with van der Waals surface area (Å²) in [5.41, 5.74) is -5.17. The molecule has 6 N–H and O–H groups in total. The van der Waals surface area contributed by atoms with Crippen molar-refractivity contribution in [3.05, 3.63) is 11.6 Å². The van der Waals surface area contributed by atoms with Crippen LogP contribution in [0.4, 0.5) is 0 Å². The average molecular weight is 523 g/mol. The second-order valence-electron chi connectivity index (χ2n) is 13.9. The molecule has 0 saturated heterocycles. The maximum absolute atomic E-state index is 13.5. The third kappa shape index (κ3) is 4.09. The summed E-state index contributed by atoms with van der Waals surface area (Å²) in [4.78, 5) is 26.3. The third-order valence-corrected chi connectivity index (χ3v) is 11.2. The number of Topliss-reactive ketones (excluding diaryl/α,β-unsaturated/α-hetero) is 1. The molecule has 0 bridgehead atoms. The highest BCUT2D eigenvalue weighted by molar-refractivity contribution is 5.96. The van der Waals surface area contributed by atoms with E-state index in [0.717, 1.165) is 0 Å². The van der Waals surface area contributed by atoms with E-state index in [-0.39, 0.29) is 30.3 Å². The largest absolute Gasteiger partial charge is 0.390 e. The van der Waals surface area contributed by atoms with E-state index < -0.39 is 63.7 Å². The molecule has 0 aromatic carbocycles. The van der Waals surface area contributed by atoms with Crippen molar-refractivity contribution in [1.82, 2.24) is 0 Å². The molecule has 0 spiro atoms. The van der Waals surface area contributed by atoms with Crippen molar-refractivity contribution in [2.75, 3.05) is 0 Å². The smallest absolute Gasteiger partial charge is 0.159 e. The Morgan fingerprint density at radius 3 is 2.30 bits per heavy atom. The van der Waals surface area contributed by atoms with Crippen molar-refractivity contribution in [3.63, 3.8) is 0 Å². The molecule has 3 saturated carbocycles. The first kappa shape index (κ1) is 28.8. The molecule has 4 aliphatic carbocycles. The number of allylic oxidation sites excluding steroid dienone is 1. The van der Waals surface area contributed by atoms with Gasteiger partial charge in [-0.2, -0.15) is 0 Å². The van der Waals surface area contributed by atoms with Crippen LogP contribution in [0, 0.1) is 34.5 Å².